The molecule has 0 aliphatic rings. The number of rotatable bonds is 3. The van der Waals surface area contributed by atoms with E-state index >= 15 is 0 Å². The molecule has 0 radical (unpaired) electrons. The molecule has 2 atom stereocenters. The third-order valence-electron chi connectivity index (χ3n) is 2.56. The number of benzene rings is 1. The first-order valence-corrected chi connectivity index (χ1v) is 5.09. The largest absolute Gasteiger partial charge is 0.391 e. The van der Waals surface area contributed by atoms with Crippen molar-refractivity contribution in [3.63, 3.8) is 0 Å². The van der Waals surface area contributed by atoms with Crippen molar-refractivity contribution in [2.24, 2.45) is 5.73 Å². The van der Waals surface area contributed by atoms with Gasteiger partial charge in [0.1, 0.15) is 0 Å². The molecule has 1 aromatic carbocycles. The molecule has 78 valence electrons. The smallest absolute Gasteiger partial charge is 0.0704 e. The van der Waals surface area contributed by atoms with Crippen LogP contribution in [0.5, 0.6) is 0 Å². The van der Waals surface area contributed by atoms with Gasteiger partial charge in [-0.05, 0) is 31.4 Å². The fraction of sp³-hybridized carbons (Fsp3) is 0.500. The topological polar surface area (TPSA) is 46.2 Å². The molecule has 0 saturated carbocycles. The molecule has 0 aliphatic carbocycles. The quantitative estimate of drug-likeness (QED) is 0.770. The summed E-state index contributed by atoms with van der Waals surface area (Å²) in [7, 11) is 0. The van der Waals surface area contributed by atoms with Crippen molar-refractivity contribution in [1.82, 2.24) is 0 Å². The molecule has 0 bridgehead atoms. The lowest BCUT2D eigenvalue weighted by Crippen LogP contribution is -2.24. The Morgan fingerprint density at radius 1 is 1.43 bits per heavy atom. The first-order chi connectivity index (χ1) is 6.56. The Balaban J connectivity index is 3.10. The molecule has 0 fully saturated rings. The highest BCUT2D eigenvalue weighted by Crippen LogP contribution is 2.21. The van der Waals surface area contributed by atoms with Crippen LogP contribution in [0.15, 0.2) is 18.2 Å². The van der Waals surface area contributed by atoms with Crippen molar-refractivity contribution in [1.29, 1.82) is 0 Å². The number of nitrogens with two attached hydrogens (primary N) is 1. The molecule has 2 heteroatoms. The van der Waals surface area contributed by atoms with Gasteiger partial charge in [-0.25, -0.2) is 0 Å². The Hall–Kier alpha value is -0.860. The molecule has 3 N–H and O–H groups in total. The van der Waals surface area contributed by atoms with E-state index in [9.17, 15) is 5.11 Å². The number of hydrogen-bond donors (Lipinski definition) is 2. The van der Waals surface area contributed by atoms with Crippen molar-refractivity contribution in [2.75, 3.05) is 0 Å². The maximum Gasteiger partial charge on any atom is 0.0704 e. The van der Waals surface area contributed by atoms with Gasteiger partial charge in [-0.2, -0.15) is 0 Å². The molecule has 0 unspecified atom stereocenters. The van der Waals surface area contributed by atoms with Gasteiger partial charge < -0.3 is 10.8 Å². The maximum absolute atomic E-state index is 9.46. The van der Waals surface area contributed by atoms with Crippen LogP contribution in [0.2, 0.25) is 0 Å². The third kappa shape index (κ3) is 2.34. The zero-order valence-corrected chi connectivity index (χ0v) is 9.12. The van der Waals surface area contributed by atoms with Crippen LogP contribution in [0.3, 0.4) is 0 Å². The van der Waals surface area contributed by atoms with Crippen LogP contribution < -0.4 is 5.73 Å². The van der Waals surface area contributed by atoms with Gasteiger partial charge in [0.2, 0.25) is 0 Å². The molecule has 14 heavy (non-hydrogen) atoms. The van der Waals surface area contributed by atoms with Crippen molar-refractivity contribution in [3.05, 3.63) is 34.9 Å². The van der Waals surface area contributed by atoms with E-state index in [1.807, 2.05) is 6.92 Å². The van der Waals surface area contributed by atoms with E-state index in [4.69, 9.17) is 5.73 Å². The fourth-order valence-corrected chi connectivity index (χ4v) is 1.61. The number of hydrogen-bond acceptors (Lipinski definition) is 2. The summed E-state index contributed by atoms with van der Waals surface area (Å²) in [5, 5.41) is 9.46. The van der Waals surface area contributed by atoms with Crippen LogP contribution >= 0.6 is 0 Å². The predicted octanol–water partition coefficient (Wildman–Crippen LogP) is 1.94. The van der Waals surface area contributed by atoms with Gasteiger partial charge in [0.05, 0.1) is 12.1 Å². The van der Waals surface area contributed by atoms with E-state index in [-0.39, 0.29) is 6.04 Å². The number of aliphatic hydroxyl groups is 1. The SMILES string of the molecule is CCc1ccc(C)cc1[C@@H](N)[C@H](C)O. The first-order valence-electron chi connectivity index (χ1n) is 5.09. The molecule has 1 rings (SSSR count). The second-order valence-corrected chi connectivity index (χ2v) is 3.82. The summed E-state index contributed by atoms with van der Waals surface area (Å²) in [6.07, 6.45) is 0.456. The van der Waals surface area contributed by atoms with Crippen LogP contribution in [0.4, 0.5) is 0 Å². The van der Waals surface area contributed by atoms with Crippen LogP contribution in [0.25, 0.3) is 0 Å². The van der Waals surface area contributed by atoms with Gasteiger partial charge in [-0.1, -0.05) is 30.7 Å². The minimum Gasteiger partial charge on any atom is -0.391 e. The summed E-state index contributed by atoms with van der Waals surface area (Å²) in [6.45, 7) is 5.87. The molecule has 0 saturated heterocycles. The minimum atomic E-state index is -0.498. The normalized spacial score (nSPS) is 15.2. The van der Waals surface area contributed by atoms with Gasteiger partial charge in [0, 0.05) is 0 Å². The second-order valence-electron chi connectivity index (χ2n) is 3.82. The van der Waals surface area contributed by atoms with Gasteiger partial charge >= 0.3 is 0 Å². The Bertz CT molecular complexity index is 307. The van der Waals surface area contributed by atoms with Crippen molar-refractivity contribution < 1.29 is 5.11 Å². The number of aryl methyl sites for hydroxylation is 2. The highest BCUT2D eigenvalue weighted by molar-refractivity contribution is 5.34. The van der Waals surface area contributed by atoms with E-state index in [0.717, 1.165) is 12.0 Å². The van der Waals surface area contributed by atoms with E-state index in [1.165, 1.54) is 11.1 Å². The zero-order valence-electron chi connectivity index (χ0n) is 9.12. The molecule has 1 aromatic rings. The summed E-state index contributed by atoms with van der Waals surface area (Å²) < 4.78 is 0. The minimum absolute atomic E-state index is 0.273. The Morgan fingerprint density at radius 2 is 2.07 bits per heavy atom. The molecular formula is C12H19NO. The molecule has 0 aliphatic heterocycles. The summed E-state index contributed by atoms with van der Waals surface area (Å²) in [4.78, 5) is 0. The lowest BCUT2D eigenvalue weighted by atomic mass is 9.94. The fourth-order valence-electron chi connectivity index (χ4n) is 1.61. The number of aliphatic hydroxyl groups excluding tert-OH is 1. The molecule has 0 amide bonds. The summed E-state index contributed by atoms with van der Waals surface area (Å²) in [5.74, 6) is 0. The predicted molar refractivity (Wildman–Crippen MR) is 59.2 cm³/mol. The van der Waals surface area contributed by atoms with Crippen molar-refractivity contribution in [3.8, 4) is 0 Å². The van der Waals surface area contributed by atoms with Gasteiger partial charge in [0.15, 0.2) is 0 Å². The second kappa shape index (κ2) is 4.58. The van der Waals surface area contributed by atoms with E-state index in [0.29, 0.717) is 0 Å². The lowest BCUT2D eigenvalue weighted by molar-refractivity contribution is 0.164. The van der Waals surface area contributed by atoms with E-state index < -0.39 is 6.10 Å². The molecular weight excluding hydrogens is 174 g/mol. The van der Waals surface area contributed by atoms with Crippen LogP contribution in [0.1, 0.15) is 36.6 Å². The van der Waals surface area contributed by atoms with Crippen LogP contribution in [-0.4, -0.2) is 11.2 Å². The van der Waals surface area contributed by atoms with Crippen molar-refractivity contribution >= 4 is 0 Å². The van der Waals surface area contributed by atoms with E-state index in [2.05, 4.69) is 25.1 Å². The van der Waals surface area contributed by atoms with E-state index in [1.54, 1.807) is 6.92 Å². The molecule has 0 spiro atoms. The highest BCUT2D eigenvalue weighted by atomic mass is 16.3. The summed E-state index contributed by atoms with van der Waals surface area (Å²) in [6, 6.07) is 5.96. The Kier molecular flexibility index (Phi) is 3.67. The molecule has 0 aromatic heterocycles. The molecule has 2 nitrogen and oxygen atoms in total. The van der Waals surface area contributed by atoms with Crippen molar-refractivity contribution in [2.45, 2.75) is 39.3 Å². The zero-order chi connectivity index (χ0) is 10.7. The van der Waals surface area contributed by atoms with Crippen LogP contribution in [0, 0.1) is 6.92 Å². The van der Waals surface area contributed by atoms with Gasteiger partial charge in [-0.15, -0.1) is 0 Å². The Morgan fingerprint density at radius 3 is 2.57 bits per heavy atom. The third-order valence-corrected chi connectivity index (χ3v) is 2.56. The van der Waals surface area contributed by atoms with Crippen LogP contribution in [-0.2, 0) is 6.42 Å². The Labute approximate surface area is 85.8 Å². The summed E-state index contributed by atoms with van der Waals surface area (Å²) in [5.41, 5.74) is 9.42. The average Bonchev–Trinajstić information content (AvgIpc) is 2.16. The first kappa shape index (κ1) is 11.2. The van der Waals surface area contributed by atoms with Gasteiger partial charge in [-0.3, -0.25) is 0 Å². The average molecular weight is 193 g/mol. The molecule has 0 heterocycles. The summed E-state index contributed by atoms with van der Waals surface area (Å²) >= 11 is 0. The van der Waals surface area contributed by atoms with Gasteiger partial charge in [0.25, 0.3) is 0 Å². The lowest BCUT2D eigenvalue weighted by Gasteiger charge is -2.19. The standard InChI is InChI=1S/C12H19NO/c1-4-10-6-5-8(2)7-11(10)12(13)9(3)14/h5-7,9,12,14H,4,13H2,1-3H3/t9-,12-/m0/s1. The highest BCUT2D eigenvalue weighted by Gasteiger charge is 2.14. The monoisotopic (exact) mass is 193 g/mol. The maximum atomic E-state index is 9.46.